The molecule has 0 aromatic carbocycles. The van der Waals surface area contributed by atoms with E-state index >= 15 is 0 Å². The van der Waals surface area contributed by atoms with Gasteiger partial charge in [-0.25, -0.2) is 4.98 Å². The van der Waals surface area contributed by atoms with Crippen molar-refractivity contribution in [2.45, 2.75) is 6.92 Å². The summed E-state index contributed by atoms with van der Waals surface area (Å²) in [6, 6.07) is 1.83. The number of likely N-dealkylation sites (N-methyl/N-ethyl adjacent to an activating group) is 1. The molecule has 4 heteroatoms. The van der Waals surface area contributed by atoms with Gasteiger partial charge in [-0.15, -0.1) is 0 Å². The summed E-state index contributed by atoms with van der Waals surface area (Å²) in [5, 5.41) is 0.629. The van der Waals surface area contributed by atoms with Crippen LogP contribution in [0.3, 0.4) is 0 Å². The number of hydrogen-bond acceptors (Lipinski definition) is 2. The minimum absolute atomic E-state index is 0.629. The molecular formula is C10H12BrClN2. The molecule has 1 aromatic heterocycles. The number of hydrogen-bond donors (Lipinski definition) is 0. The first-order valence-electron chi connectivity index (χ1n) is 4.17. The van der Waals surface area contributed by atoms with Gasteiger partial charge in [-0.3, -0.25) is 0 Å². The summed E-state index contributed by atoms with van der Waals surface area (Å²) in [5.41, 5.74) is 1.09. The molecule has 0 aliphatic heterocycles. The van der Waals surface area contributed by atoms with Gasteiger partial charge in [0.15, 0.2) is 0 Å². The van der Waals surface area contributed by atoms with Crippen molar-refractivity contribution in [1.29, 1.82) is 0 Å². The van der Waals surface area contributed by atoms with Crippen LogP contribution in [0.25, 0.3) is 0 Å². The van der Waals surface area contributed by atoms with Crippen molar-refractivity contribution in [2.24, 2.45) is 0 Å². The molecular weight excluding hydrogens is 263 g/mol. The third-order valence-corrected chi connectivity index (χ3v) is 2.45. The van der Waals surface area contributed by atoms with Gasteiger partial charge >= 0.3 is 0 Å². The fourth-order valence-corrected chi connectivity index (χ4v) is 2.11. The van der Waals surface area contributed by atoms with Gasteiger partial charge in [-0.2, -0.15) is 0 Å². The van der Waals surface area contributed by atoms with E-state index in [9.17, 15) is 0 Å². The molecule has 0 spiro atoms. The summed E-state index contributed by atoms with van der Waals surface area (Å²) < 4.78 is 0.897. The van der Waals surface area contributed by atoms with Crippen LogP contribution in [0.4, 0.5) is 5.82 Å². The van der Waals surface area contributed by atoms with E-state index < -0.39 is 0 Å². The summed E-state index contributed by atoms with van der Waals surface area (Å²) in [7, 11) is 1.97. The number of aromatic nitrogens is 1. The molecule has 0 unspecified atom stereocenters. The van der Waals surface area contributed by atoms with Gasteiger partial charge in [0.05, 0.1) is 9.50 Å². The van der Waals surface area contributed by atoms with E-state index in [0.717, 1.165) is 22.4 Å². The monoisotopic (exact) mass is 274 g/mol. The Morgan fingerprint density at radius 3 is 2.86 bits per heavy atom. The summed E-state index contributed by atoms with van der Waals surface area (Å²) in [4.78, 5) is 6.25. The van der Waals surface area contributed by atoms with Gasteiger partial charge in [0.2, 0.25) is 0 Å². The number of nitrogens with zero attached hydrogens (tertiary/aromatic N) is 2. The fraction of sp³-hybridized carbons (Fsp3) is 0.300. The first-order valence-corrected chi connectivity index (χ1v) is 5.34. The van der Waals surface area contributed by atoms with Crippen molar-refractivity contribution in [2.75, 3.05) is 18.5 Å². The van der Waals surface area contributed by atoms with Crippen LogP contribution < -0.4 is 4.90 Å². The zero-order valence-electron chi connectivity index (χ0n) is 8.22. The van der Waals surface area contributed by atoms with Crippen LogP contribution in [0.15, 0.2) is 28.9 Å². The van der Waals surface area contributed by atoms with E-state index in [1.54, 1.807) is 6.20 Å². The molecule has 1 heterocycles. The highest BCUT2D eigenvalue weighted by Crippen LogP contribution is 2.25. The standard InChI is InChI=1S/C10H12BrClN2/c1-7(2)6-14(3)10-9(11)4-8(12)5-13-10/h4-5H,1,6H2,2-3H3. The Labute approximate surface area is 97.7 Å². The predicted molar refractivity (Wildman–Crippen MR) is 65.0 cm³/mol. The molecule has 1 rings (SSSR count). The molecule has 76 valence electrons. The molecule has 0 fully saturated rings. The lowest BCUT2D eigenvalue weighted by atomic mass is 10.3. The van der Waals surface area contributed by atoms with Gasteiger partial charge < -0.3 is 4.90 Å². The summed E-state index contributed by atoms with van der Waals surface area (Å²) in [6.07, 6.45) is 1.64. The van der Waals surface area contributed by atoms with E-state index in [-0.39, 0.29) is 0 Å². The topological polar surface area (TPSA) is 16.1 Å². The second kappa shape index (κ2) is 4.80. The Bertz CT molecular complexity index is 352. The van der Waals surface area contributed by atoms with Crippen LogP contribution in [0, 0.1) is 0 Å². The predicted octanol–water partition coefficient (Wildman–Crippen LogP) is 3.51. The first kappa shape index (κ1) is 11.5. The summed E-state index contributed by atoms with van der Waals surface area (Å²) in [6.45, 7) is 6.63. The van der Waals surface area contributed by atoms with Crippen molar-refractivity contribution in [3.8, 4) is 0 Å². The summed E-state index contributed by atoms with van der Waals surface area (Å²) in [5.74, 6) is 0.873. The van der Waals surface area contributed by atoms with E-state index in [4.69, 9.17) is 11.6 Å². The molecule has 0 aliphatic carbocycles. The second-order valence-corrected chi connectivity index (χ2v) is 4.56. The van der Waals surface area contributed by atoms with Crippen LogP contribution >= 0.6 is 27.5 Å². The van der Waals surface area contributed by atoms with Gasteiger partial charge in [0.1, 0.15) is 5.82 Å². The molecule has 0 saturated heterocycles. The van der Waals surface area contributed by atoms with Crippen LogP contribution in [0.5, 0.6) is 0 Å². The molecule has 2 nitrogen and oxygen atoms in total. The lowest BCUT2D eigenvalue weighted by Gasteiger charge is -2.19. The zero-order valence-corrected chi connectivity index (χ0v) is 10.6. The van der Waals surface area contributed by atoms with Gasteiger partial charge in [0.25, 0.3) is 0 Å². The van der Waals surface area contributed by atoms with Crippen molar-refractivity contribution in [3.05, 3.63) is 33.9 Å². The molecule has 0 bridgehead atoms. The number of pyridine rings is 1. The molecule has 14 heavy (non-hydrogen) atoms. The molecule has 0 radical (unpaired) electrons. The third kappa shape index (κ3) is 3.00. The van der Waals surface area contributed by atoms with Crippen LogP contribution in [-0.2, 0) is 0 Å². The van der Waals surface area contributed by atoms with E-state index in [0.29, 0.717) is 5.02 Å². The zero-order chi connectivity index (χ0) is 10.7. The number of anilines is 1. The van der Waals surface area contributed by atoms with E-state index in [1.807, 2.05) is 24.9 Å². The van der Waals surface area contributed by atoms with Crippen molar-refractivity contribution in [1.82, 2.24) is 4.98 Å². The SMILES string of the molecule is C=C(C)CN(C)c1ncc(Cl)cc1Br. The number of rotatable bonds is 3. The number of halogens is 2. The summed E-state index contributed by atoms with van der Waals surface area (Å²) >= 11 is 9.22. The van der Waals surface area contributed by atoms with Gasteiger partial charge in [-0.1, -0.05) is 23.8 Å². The molecule has 0 amide bonds. The maximum atomic E-state index is 5.80. The molecule has 0 aliphatic rings. The Morgan fingerprint density at radius 1 is 1.71 bits per heavy atom. The second-order valence-electron chi connectivity index (χ2n) is 3.27. The average Bonchev–Trinajstić information content (AvgIpc) is 2.01. The largest absolute Gasteiger partial charge is 0.355 e. The third-order valence-electron chi connectivity index (χ3n) is 1.66. The van der Waals surface area contributed by atoms with Crippen molar-refractivity contribution < 1.29 is 0 Å². The lowest BCUT2D eigenvalue weighted by Crippen LogP contribution is -2.20. The quantitative estimate of drug-likeness (QED) is 0.785. The normalized spacial score (nSPS) is 10.0. The molecule has 1 aromatic rings. The van der Waals surface area contributed by atoms with Crippen LogP contribution in [0.2, 0.25) is 5.02 Å². The van der Waals surface area contributed by atoms with Crippen LogP contribution in [-0.4, -0.2) is 18.6 Å². The Hall–Kier alpha value is -0.540. The average molecular weight is 276 g/mol. The Morgan fingerprint density at radius 2 is 2.36 bits per heavy atom. The van der Waals surface area contributed by atoms with E-state index in [2.05, 4.69) is 27.5 Å². The van der Waals surface area contributed by atoms with Crippen molar-refractivity contribution in [3.63, 3.8) is 0 Å². The first-order chi connectivity index (χ1) is 6.50. The van der Waals surface area contributed by atoms with Crippen molar-refractivity contribution >= 4 is 33.3 Å². The lowest BCUT2D eigenvalue weighted by molar-refractivity contribution is 0.949. The Kier molecular flexibility index (Phi) is 3.96. The van der Waals surface area contributed by atoms with E-state index in [1.165, 1.54) is 0 Å². The molecule has 0 atom stereocenters. The maximum absolute atomic E-state index is 5.80. The fourth-order valence-electron chi connectivity index (χ4n) is 1.17. The molecule has 0 N–H and O–H groups in total. The minimum atomic E-state index is 0.629. The Balaban J connectivity index is 2.90. The highest BCUT2D eigenvalue weighted by Gasteiger charge is 2.07. The smallest absolute Gasteiger partial charge is 0.143 e. The molecule has 0 saturated carbocycles. The highest BCUT2D eigenvalue weighted by atomic mass is 79.9. The van der Waals surface area contributed by atoms with Crippen LogP contribution in [0.1, 0.15) is 6.92 Å². The maximum Gasteiger partial charge on any atom is 0.143 e. The minimum Gasteiger partial charge on any atom is -0.355 e. The van der Waals surface area contributed by atoms with Gasteiger partial charge in [-0.05, 0) is 28.9 Å². The van der Waals surface area contributed by atoms with Gasteiger partial charge in [0, 0.05) is 19.8 Å². The highest BCUT2D eigenvalue weighted by molar-refractivity contribution is 9.10.